The van der Waals surface area contributed by atoms with Crippen LogP contribution in [0.5, 0.6) is 17.2 Å². The second-order valence-electron chi connectivity index (χ2n) is 3.78. The Morgan fingerprint density at radius 1 is 1.12 bits per heavy atom. The van der Waals surface area contributed by atoms with E-state index in [9.17, 15) is 0 Å². The van der Waals surface area contributed by atoms with Crippen molar-refractivity contribution in [1.82, 2.24) is 4.57 Å². The third-order valence-electron chi connectivity index (χ3n) is 2.63. The van der Waals surface area contributed by atoms with Crippen LogP contribution in [0.1, 0.15) is 0 Å². The Balaban J connectivity index is 1.58. The van der Waals surface area contributed by atoms with Gasteiger partial charge in [-0.1, -0.05) is 0 Å². The lowest BCUT2D eigenvalue weighted by molar-refractivity contribution is 0.173. The van der Waals surface area contributed by atoms with Crippen molar-refractivity contribution in [3.63, 3.8) is 0 Å². The molecule has 0 fully saturated rings. The minimum Gasteiger partial charge on any atom is -0.492 e. The molecule has 1 aliphatic rings. The first-order valence-corrected chi connectivity index (χ1v) is 5.55. The molecule has 3 rings (SSSR count). The standard InChI is InChI=1S/C13H13NO3/c1-2-6-14(5-1)7-8-15-11-3-4-12-13(9-11)17-10-16-12/h1-6,9H,7-8,10H2. The fraction of sp³-hybridized carbons (Fsp3) is 0.231. The van der Waals surface area contributed by atoms with Crippen LogP contribution < -0.4 is 14.2 Å². The van der Waals surface area contributed by atoms with Crippen molar-refractivity contribution in [2.45, 2.75) is 6.54 Å². The molecule has 1 aromatic carbocycles. The van der Waals surface area contributed by atoms with Gasteiger partial charge in [-0.05, 0) is 24.3 Å². The Labute approximate surface area is 99.3 Å². The van der Waals surface area contributed by atoms with Crippen LogP contribution in [0.25, 0.3) is 0 Å². The van der Waals surface area contributed by atoms with Crippen LogP contribution in [-0.4, -0.2) is 18.0 Å². The van der Waals surface area contributed by atoms with Gasteiger partial charge in [0.05, 0.1) is 6.54 Å². The van der Waals surface area contributed by atoms with Gasteiger partial charge in [-0.2, -0.15) is 0 Å². The number of ether oxygens (including phenoxy) is 3. The van der Waals surface area contributed by atoms with Crippen LogP contribution in [-0.2, 0) is 6.54 Å². The largest absolute Gasteiger partial charge is 0.492 e. The van der Waals surface area contributed by atoms with Gasteiger partial charge in [0.15, 0.2) is 11.5 Å². The molecule has 0 saturated carbocycles. The van der Waals surface area contributed by atoms with Gasteiger partial charge in [0.25, 0.3) is 0 Å². The van der Waals surface area contributed by atoms with Gasteiger partial charge in [0, 0.05) is 18.5 Å². The zero-order chi connectivity index (χ0) is 11.5. The first kappa shape index (κ1) is 10.1. The Hall–Kier alpha value is -2.10. The van der Waals surface area contributed by atoms with E-state index in [0.29, 0.717) is 13.4 Å². The van der Waals surface area contributed by atoms with Crippen molar-refractivity contribution in [2.24, 2.45) is 0 Å². The molecule has 17 heavy (non-hydrogen) atoms. The lowest BCUT2D eigenvalue weighted by atomic mass is 10.3. The number of benzene rings is 1. The Bertz CT molecular complexity index is 493. The number of fused-ring (bicyclic) bond motifs is 1. The Kier molecular flexibility index (Phi) is 2.62. The molecule has 0 atom stereocenters. The lowest BCUT2D eigenvalue weighted by Crippen LogP contribution is -2.06. The molecule has 4 nitrogen and oxygen atoms in total. The van der Waals surface area contributed by atoms with Crippen LogP contribution in [0, 0.1) is 0 Å². The molecule has 0 unspecified atom stereocenters. The van der Waals surface area contributed by atoms with E-state index in [0.717, 1.165) is 23.8 Å². The summed E-state index contributed by atoms with van der Waals surface area (Å²) in [6.07, 6.45) is 4.03. The molecule has 0 N–H and O–H groups in total. The van der Waals surface area contributed by atoms with Gasteiger partial charge in [-0.25, -0.2) is 0 Å². The van der Waals surface area contributed by atoms with E-state index >= 15 is 0 Å². The summed E-state index contributed by atoms with van der Waals surface area (Å²) < 4.78 is 18.2. The van der Waals surface area contributed by atoms with Gasteiger partial charge >= 0.3 is 0 Å². The van der Waals surface area contributed by atoms with Crippen molar-refractivity contribution in [2.75, 3.05) is 13.4 Å². The molecule has 88 valence electrons. The first-order valence-electron chi connectivity index (χ1n) is 5.55. The molecule has 0 amide bonds. The van der Waals surface area contributed by atoms with Gasteiger partial charge in [-0.15, -0.1) is 0 Å². The van der Waals surface area contributed by atoms with Gasteiger partial charge in [0.1, 0.15) is 12.4 Å². The van der Waals surface area contributed by atoms with Crippen molar-refractivity contribution in [1.29, 1.82) is 0 Å². The summed E-state index contributed by atoms with van der Waals surface area (Å²) in [4.78, 5) is 0. The highest BCUT2D eigenvalue weighted by atomic mass is 16.7. The summed E-state index contributed by atoms with van der Waals surface area (Å²) in [5, 5.41) is 0. The predicted octanol–water partition coefficient (Wildman–Crippen LogP) is 2.30. The third kappa shape index (κ3) is 2.20. The normalized spacial score (nSPS) is 12.7. The molecule has 1 aromatic heterocycles. The molecular formula is C13H13NO3. The van der Waals surface area contributed by atoms with Crippen molar-refractivity contribution in [3.05, 3.63) is 42.7 Å². The fourth-order valence-electron chi connectivity index (χ4n) is 1.75. The molecule has 0 spiro atoms. The second-order valence-corrected chi connectivity index (χ2v) is 3.78. The van der Waals surface area contributed by atoms with Crippen LogP contribution in [0.15, 0.2) is 42.7 Å². The summed E-state index contributed by atoms with van der Waals surface area (Å²) in [6, 6.07) is 9.62. The molecular weight excluding hydrogens is 218 g/mol. The molecule has 2 aromatic rings. The van der Waals surface area contributed by atoms with E-state index in [-0.39, 0.29) is 0 Å². The van der Waals surface area contributed by atoms with Crippen molar-refractivity contribution in [3.8, 4) is 17.2 Å². The molecule has 2 heterocycles. The molecule has 4 heteroatoms. The Morgan fingerprint density at radius 2 is 1.94 bits per heavy atom. The smallest absolute Gasteiger partial charge is 0.231 e. The number of rotatable bonds is 4. The molecule has 1 aliphatic heterocycles. The summed E-state index contributed by atoms with van der Waals surface area (Å²) in [5.74, 6) is 2.34. The zero-order valence-electron chi connectivity index (χ0n) is 9.33. The predicted molar refractivity (Wildman–Crippen MR) is 62.5 cm³/mol. The topological polar surface area (TPSA) is 32.6 Å². The number of hydrogen-bond donors (Lipinski definition) is 0. The molecule has 0 radical (unpaired) electrons. The summed E-state index contributed by atoms with van der Waals surface area (Å²) in [7, 11) is 0. The summed E-state index contributed by atoms with van der Waals surface area (Å²) in [6.45, 7) is 1.76. The monoisotopic (exact) mass is 231 g/mol. The first-order chi connectivity index (χ1) is 8.42. The van der Waals surface area contributed by atoms with E-state index < -0.39 is 0 Å². The van der Waals surface area contributed by atoms with E-state index in [1.165, 1.54) is 0 Å². The Morgan fingerprint density at radius 3 is 2.82 bits per heavy atom. The summed E-state index contributed by atoms with van der Waals surface area (Å²) >= 11 is 0. The highest BCUT2D eigenvalue weighted by molar-refractivity contribution is 5.46. The van der Waals surface area contributed by atoms with Crippen LogP contribution in [0.4, 0.5) is 0 Å². The van der Waals surface area contributed by atoms with E-state index in [2.05, 4.69) is 4.57 Å². The van der Waals surface area contributed by atoms with Gasteiger partial charge in [-0.3, -0.25) is 0 Å². The minimum absolute atomic E-state index is 0.294. The van der Waals surface area contributed by atoms with Crippen molar-refractivity contribution >= 4 is 0 Å². The number of hydrogen-bond acceptors (Lipinski definition) is 3. The zero-order valence-corrected chi connectivity index (χ0v) is 9.33. The average molecular weight is 231 g/mol. The van der Waals surface area contributed by atoms with E-state index in [1.807, 2.05) is 42.7 Å². The highest BCUT2D eigenvalue weighted by Crippen LogP contribution is 2.34. The average Bonchev–Trinajstić information content (AvgIpc) is 2.98. The minimum atomic E-state index is 0.294. The van der Waals surface area contributed by atoms with Gasteiger partial charge in [0.2, 0.25) is 6.79 Å². The van der Waals surface area contributed by atoms with Crippen molar-refractivity contribution < 1.29 is 14.2 Å². The number of aromatic nitrogens is 1. The SMILES string of the molecule is c1ccn(CCOc2ccc3c(c2)OCO3)c1. The maximum absolute atomic E-state index is 5.65. The molecule has 0 aliphatic carbocycles. The third-order valence-corrected chi connectivity index (χ3v) is 2.63. The van der Waals surface area contributed by atoms with Crippen LogP contribution >= 0.6 is 0 Å². The van der Waals surface area contributed by atoms with E-state index in [4.69, 9.17) is 14.2 Å². The highest BCUT2D eigenvalue weighted by Gasteiger charge is 2.13. The van der Waals surface area contributed by atoms with Crippen LogP contribution in [0.3, 0.4) is 0 Å². The number of nitrogens with zero attached hydrogens (tertiary/aromatic N) is 1. The second kappa shape index (κ2) is 4.41. The molecule has 0 bridgehead atoms. The molecule has 0 saturated heterocycles. The quantitative estimate of drug-likeness (QED) is 0.809. The summed E-state index contributed by atoms with van der Waals surface area (Å²) in [5.41, 5.74) is 0. The van der Waals surface area contributed by atoms with Crippen LogP contribution in [0.2, 0.25) is 0 Å². The fourth-order valence-corrected chi connectivity index (χ4v) is 1.75. The lowest BCUT2D eigenvalue weighted by Gasteiger charge is -2.07. The maximum atomic E-state index is 5.65. The van der Waals surface area contributed by atoms with E-state index in [1.54, 1.807) is 0 Å². The van der Waals surface area contributed by atoms with Gasteiger partial charge < -0.3 is 18.8 Å². The maximum Gasteiger partial charge on any atom is 0.231 e.